The van der Waals surface area contributed by atoms with Crippen LogP contribution in [0.15, 0.2) is 155 Å². The third-order valence-corrected chi connectivity index (χ3v) is 15.4. The van der Waals surface area contributed by atoms with Crippen LogP contribution in [0.25, 0.3) is 54.5 Å². The molecule has 0 radical (unpaired) electrons. The highest BCUT2D eigenvalue weighted by Crippen LogP contribution is 2.46. The number of thiophene rings is 1. The molecule has 3 aromatic heterocycles. The van der Waals surface area contributed by atoms with E-state index in [0.29, 0.717) is 0 Å². The largest absolute Gasteiger partial charge is 0.464 e. The van der Waals surface area contributed by atoms with Gasteiger partial charge in [-0.2, -0.15) is 0 Å². The monoisotopic (exact) mass is 892 g/mol. The van der Waals surface area contributed by atoms with E-state index < -0.39 is 0 Å². The standard InChI is InChI=1S/C61H57BN2O2S/c1-36-28-42(47-35-65-53-23-17-13-19-45(47)53)29-37(2)56(36)63(11)58-46-34-43(60(5,6)7)25-27-55(46)67-59(58)62-48-20-14-15-21-50(48)64(57-38(3)30-44(31-39(57)4)61(8,9)10)51-32-41(24-26-49(51)62)54-33-40-18-12-16-22-52(40)66-54/h12-35H,1-11H3. The van der Waals surface area contributed by atoms with Crippen molar-refractivity contribution in [2.75, 3.05) is 16.8 Å². The Labute approximate surface area is 399 Å². The first-order valence-electron chi connectivity index (χ1n) is 23.6. The molecule has 11 rings (SSSR count). The third kappa shape index (κ3) is 7.11. The van der Waals surface area contributed by atoms with Gasteiger partial charge in [-0.05, 0) is 143 Å². The predicted octanol–water partition coefficient (Wildman–Crippen LogP) is 15.6. The Morgan fingerprint density at radius 3 is 1.93 bits per heavy atom. The lowest BCUT2D eigenvalue weighted by Gasteiger charge is -2.39. The van der Waals surface area contributed by atoms with Gasteiger partial charge in [0.25, 0.3) is 6.71 Å². The Hall–Kier alpha value is -6.76. The van der Waals surface area contributed by atoms with E-state index in [2.05, 4.69) is 207 Å². The molecule has 0 N–H and O–H groups in total. The Kier molecular flexibility index (Phi) is 10.0. The highest BCUT2D eigenvalue weighted by molar-refractivity contribution is 7.33. The molecule has 0 fully saturated rings. The normalized spacial score (nSPS) is 12.9. The van der Waals surface area contributed by atoms with Gasteiger partial charge in [0.1, 0.15) is 16.9 Å². The second-order valence-corrected chi connectivity index (χ2v) is 22.0. The highest BCUT2D eigenvalue weighted by atomic mass is 32.1. The van der Waals surface area contributed by atoms with Crippen molar-refractivity contribution in [3.05, 3.63) is 179 Å². The minimum absolute atomic E-state index is 0.0203. The minimum atomic E-state index is -0.0632. The van der Waals surface area contributed by atoms with Crippen molar-refractivity contribution in [3.63, 3.8) is 0 Å². The molecule has 1 aliphatic rings. The predicted molar refractivity (Wildman–Crippen MR) is 289 cm³/mol. The Morgan fingerprint density at radius 2 is 1.21 bits per heavy atom. The van der Waals surface area contributed by atoms with Crippen LogP contribution in [0.4, 0.5) is 28.4 Å². The maximum absolute atomic E-state index is 6.59. The van der Waals surface area contributed by atoms with Crippen LogP contribution in [0.2, 0.25) is 0 Å². The van der Waals surface area contributed by atoms with Gasteiger partial charge in [0, 0.05) is 60.9 Å². The number of hydrogen-bond acceptors (Lipinski definition) is 5. The van der Waals surface area contributed by atoms with Gasteiger partial charge >= 0.3 is 0 Å². The zero-order valence-electron chi connectivity index (χ0n) is 40.6. The number of rotatable bonds is 6. The van der Waals surface area contributed by atoms with Crippen molar-refractivity contribution in [2.24, 2.45) is 0 Å². The van der Waals surface area contributed by atoms with Gasteiger partial charge in [-0.1, -0.05) is 126 Å². The van der Waals surface area contributed by atoms with Gasteiger partial charge in [0.2, 0.25) is 0 Å². The Balaban J connectivity index is 1.16. The lowest BCUT2D eigenvalue weighted by atomic mass is 9.37. The zero-order chi connectivity index (χ0) is 46.7. The van der Waals surface area contributed by atoms with E-state index in [1.165, 1.54) is 93.2 Å². The van der Waals surface area contributed by atoms with Crippen molar-refractivity contribution in [1.29, 1.82) is 0 Å². The molecule has 0 saturated carbocycles. The summed E-state index contributed by atoms with van der Waals surface area (Å²) < 4.78 is 15.2. The SMILES string of the molecule is Cc1cc(-c2coc3ccccc23)cc(C)c1N(C)c1c(B2c3ccccc3N(c3c(C)cc(C(C)(C)C)cc3C)c3cc(-c4cc5ccccc5o4)ccc32)sc2ccc(C(C)(C)C)cc12. The number of benzene rings is 7. The van der Waals surface area contributed by atoms with Crippen LogP contribution >= 0.6 is 11.3 Å². The van der Waals surface area contributed by atoms with E-state index in [1.807, 2.05) is 35.8 Å². The van der Waals surface area contributed by atoms with Gasteiger partial charge in [0.05, 0.1) is 17.6 Å². The molecule has 4 nitrogen and oxygen atoms in total. The van der Waals surface area contributed by atoms with Crippen molar-refractivity contribution in [1.82, 2.24) is 0 Å². The van der Waals surface area contributed by atoms with E-state index in [-0.39, 0.29) is 17.5 Å². The first kappa shape index (κ1) is 42.9. The van der Waals surface area contributed by atoms with E-state index >= 15 is 0 Å². The topological polar surface area (TPSA) is 32.8 Å². The van der Waals surface area contributed by atoms with Crippen molar-refractivity contribution < 1.29 is 8.83 Å². The fourth-order valence-electron chi connectivity index (χ4n) is 10.8. The average Bonchev–Trinajstić information content (AvgIpc) is 4.03. The molecule has 0 bridgehead atoms. The molecule has 0 atom stereocenters. The van der Waals surface area contributed by atoms with Gasteiger partial charge in [-0.25, -0.2) is 0 Å². The van der Waals surface area contributed by atoms with E-state index in [0.717, 1.165) is 38.8 Å². The first-order chi connectivity index (χ1) is 32.0. The molecule has 0 spiro atoms. The number of hydrogen-bond donors (Lipinski definition) is 0. The molecule has 1 aliphatic heterocycles. The lowest BCUT2D eigenvalue weighted by Crippen LogP contribution is -2.57. The number of aryl methyl sites for hydroxylation is 4. The number of anilines is 5. The smallest absolute Gasteiger partial charge is 0.261 e. The molecule has 6 heteroatoms. The molecule has 0 saturated heterocycles. The summed E-state index contributed by atoms with van der Waals surface area (Å²) in [6.07, 6.45) is 1.91. The number of furan rings is 2. The van der Waals surface area contributed by atoms with E-state index in [9.17, 15) is 0 Å². The maximum atomic E-state index is 6.59. The zero-order valence-corrected chi connectivity index (χ0v) is 41.4. The van der Waals surface area contributed by atoms with Gasteiger partial charge in [-0.3, -0.25) is 0 Å². The fourth-order valence-corrected chi connectivity index (χ4v) is 12.2. The summed E-state index contributed by atoms with van der Waals surface area (Å²) in [5.74, 6) is 0.866. The number of nitrogens with zero attached hydrogens (tertiary/aromatic N) is 2. The first-order valence-corrected chi connectivity index (χ1v) is 24.4. The molecule has 0 unspecified atom stereocenters. The number of para-hydroxylation sites is 3. The lowest BCUT2D eigenvalue weighted by molar-refractivity contribution is 0.589. The quantitative estimate of drug-likeness (QED) is 0.156. The average molecular weight is 893 g/mol. The molecular weight excluding hydrogens is 836 g/mol. The molecule has 4 heterocycles. The van der Waals surface area contributed by atoms with Crippen LogP contribution in [0.1, 0.15) is 74.9 Å². The Morgan fingerprint density at radius 1 is 0.552 bits per heavy atom. The number of fused-ring (bicyclic) bond motifs is 5. The van der Waals surface area contributed by atoms with Gasteiger partial charge < -0.3 is 18.6 Å². The van der Waals surface area contributed by atoms with Crippen molar-refractivity contribution in [2.45, 2.75) is 80.1 Å². The highest BCUT2D eigenvalue weighted by Gasteiger charge is 2.40. The summed E-state index contributed by atoms with van der Waals surface area (Å²) in [5, 5.41) is 3.51. The molecule has 332 valence electrons. The van der Waals surface area contributed by atoms with Crippen LogP contribution in [0.3, 0.4) is 0 Å². The minimum Gasteiger partial charge on any atom is -0.464 e. The van der Waals surface area contributed by atoms with Gasteiger partial charge in [-0.15, -0.1) is 11.3 Å². The molecule has 0 aliphatic carbocycles. The summed E-state index contributed by atoms with van der Waals surface area (Å²) in [5.41, 5.74) is 21.4. The van der Waals surface area contributed by atoms with Crippen molar-refractivity contribution >= 4 is 94.2 Å². The summed E-state index contributed by atoms with van der Waals surface area (Å²) in [6, 6.07) is 51.6. The van der Waals surface area contributed by atoms with Crippen LogP contribution < -0.4 is 25.5 Å². The molecule has 10 aromatic rings. The summed E-state index contributed by atoms with van der Waals surface area (Å²) >= 11 is 1.93. The summed E-state index contributed by atoms with van der Waals surface area (Å²) in [7, 11) is 2.28. The van der Waals surface area contributed by atoms with Crippen LogP contribution in [0, 0.1) is 27.7 Å². The molecular formula is C61H57BN2O2S. The van der Waals surface area contributed by atoms with Crippen molar-refractivity contribution in [3.8, 4) is 22.5 Å². The third-order valence-electron chi connectivity index (χ3n) is 14.1. The van der Waals surface area contributed by atoms with Crippen LogP contribution in [-0.4, -0.2) is 13.8 Å². The Bertz CT molecular complexity index is 3510. The maximum Gasteiger partial charge on any atom is 0.261 e. The van der Waals surface area contributed by atoms with Crippen LogP contribution in [0.5, 0.6) is 0 Å². The molecule has 0 amide bonds. The molecule has 7 aromatic carbocycles. The summed E-state index contributed by atoms with van der Waals surface area (Å²) in [6.45, 7) is 22.9. The van der Waals surface area contributed by atoms with Crippen LogP contribution in [-0.2, 0) is 10.8 Å². The second-order valence-electron chi connectivity index (χ2n) is 20.9. The van der Waals surface area contributed by atoms with Gasteiger partial charge in [0.15, 0.2) is 0 Å². The van der Waals surface area contributed by atoms with E-state index in [1.54, 1.807) is 0 Å². The molecule has 67 heavy (non-hydrogen) atoms. The second kappa shape index (κ2) is 15.7. The fraction of sp³-hybridized carbons (Fsp3) is 0.213. The summed E-state index contributed by atoms with van der Waals surface area (Å²) in [4.78, 5) is 5.05. The van der Waals surface area contributed by atoms with E-state index in [4.69, 9.17) is 8.83 Å².